The monoisotopic (exact) mass is 481 g/mol. The maximum atomic E-state index is 12.8. The second-order valence-corrected chi connectivity index (χ2v) is 8.42. The number of hydrogen-bond acceptors (Lipinski definition) is 7. The van der Waals surface area contributed by atoms with Crippen molar-refractivity contribution in [2.24, 2.45) is 0 Å². The van der Waals surface area contributed by atoms with Gasteiger partial charge in [0, 0.05) is 32.2 Å². The second-order valence-electron chi connectivity index (χ2n) is 7.41. The van der Waals surface area contributed by atoms with Crippen molar-refractivity contribution in [2.45, 2.75) is 12.8 Å². The highest BCUT2D eigenvalue weighted by Gasteiger charge is 2.31. The van der Waals surface area contributed by atoms with Crippen molar-refractivity contribution in [3.05, 3.63) is 42.0 Å². The molecule has 0 unspecified atom stereocenters. The zero-order chi connectivity index (χ0) is 23.6. The Kier molecular flexibility index (Phi) is 6.50. The van der Waals surface area contributed by atoms with Gasteiger partial charge >= 0.3 is 6.36 Å². The molecule has 1 saturated heterocycles. The van der Waals surface area contributed by atoms with Crippen LogP contribution in [-0.2, 0) is 11.2 Å². The molecule has 1 aliphatic heterocycles. The SMILES string of the molecule is COc1ccc(CC(=O)N2CCN(c3nc4ccc(OC(F)(F)F)cc4s3)CC2)cc1OC. The highest BCUT2D eigenvalue weighted by Crippen LogP contribution is 2.34. The smallest absolute Gasteiger partial charge is 0.493 e. The van der Waals surface area contributed by atoms with Gasteiger partial charge in [-0.3, -0.25) is 4.79 Å². The Morgan fingerprint density at radius 2 is 1.76 bits per heavy atom. The van der Waals surface area contributed by atoms with E-state index in [4.69, 9.17) is 9.47 Å². The molecule has 1 fully saturated rings. The van der Waals surface area contributed by atoms with E-state index in [-0.39, 0.29) is 18.1 Å². The molecule has 0 atom stereocenters. The fourth-order valence-corrected chi connectivity index (χ4v) is 4.70. The summed E-state index contributed by atoms with van der Waals surface area (Å²) in [6, 6.07) is 9.52. The molecule has 0 saturated carbocycles. The molecule has 0 spiro atoms. The van der Waals surface area contributed by atoms with Crippen molar-refractivity contribution in [1.29, 1.82) is 0 Å². The number of ether oxygens (including phenoxy) is 3. The van der Waals surface area contributed by atoms with E-state index in [0.717, 1.165) is 5.56 Å². The third-order valence-corrected chi connectivity index (χ3v) is 6.37. The van der Waals surface area contributed by atoms with Crippen LogP contribution < -0.4 is 19.1 Å². The average molecular weight is 481 g/mol. The van der Waals surface area contributed by atoms with E-state index in [9.17, 15) is 18.0 Å². The number of hydrogen-bond donors (Lipinski definition) is 0. The Morgan fingerprint density at radius 3 is 2.42 bits per heavy atom. The standard InChI is InChI=1S/C22H22F3N3O4S/c1-30-17-6-3-14(11-18(17)31-2)12-20(29)27-7-9-28(10-8-27)21-26-16-5-4-15(13-19(16)33-21)32-22(23,24)25/h3-6,11,13H,7-10,12H2,1-2H3. The van der Waals surface area contributed by atoms with E-state index in [1.165, 1.54) is 29.5 Å². The van der Waals surface area contributed by atoms with E-state index in [0.29, 0.717) is 53.0 Å². The van der Waals surface area contributed by atoms with Crippen LogP contribution in [0.5, 0.6) is 17.2 Å². The molecule has 33 heavy (non-hydrogen) atoms. The molecule has 0 aliphatic carbocycles. The number of alkyl halides is 3. The van der Waals surface area contributed by atoms with Crippen molar-refractivity contribution >= 4 is 32.6 Å². The first-order chi connectivity index (χ1) is 15.8. The lowest BCUT2D eigenvalue weighted by molar-refractivity contribution is -0.274. The fourth-order valence-electron chi connectivity index (χ4n) is 3.65. The first kappa shape index (κ1) is 23.0. The molecule has 1 amide bonds. The van der Waals surface area contributed by atoms with Gasteiger partial charge in [0.25, 0.3) is 0 Å². The Morgan fingerprint density at radius 1 is 1.03 bits per heavy atom. The van der Waals surface area contributed by atoms with Crippen molar-refractivity contribution in [3.8, 4) is 17.2 Å². The van der Waals surface area contributed by atoms with E-state index in [2.05, 4.69) is 9.72 Å². The number of rotatable bonds is 6. The van der Waals surface area contributed by atoms with Crippen LogP contribution in [0.15, 0.2) is 36.4 Å². The summed E-state index contributed by atoms with van der Waals surface area (Å²) in [7, 11) is 3.11. The number of piperazine rings is 1. The van der Waals surface area contributed by atoms with Gasteiger partial charge < -0.3 is 24.0 Å². The Balaban J connectivity index is 1.37. The molecule has 0 N–H and O–H groups in total. The van der Waals surface area contributed by atoms with Crippen LogP contribution in [0, 0.1) is 0 Å². The fraction of sp³-hybridized carbons (Fsp3) is 0.364. The van der Waals surface area contributed by atoms with E-state index in [1.807, 2.05) is 11.0 Å². The van der Waals surface area contributed by atoms with Gasteiger partial charge in [-0.2, -0.15) is 0 Å². The maximum Gasteiger partial charge on any atom is 0.573 e. The van der Waals surface area contributed by atoms with Gasteiger partial charge in [0.2, 0.25) is 5.91 Å². The molecule has 0 bridgehead atoms. The minimum absolute atomic E-state index is 0.0140. The Labute approximate surface area is 192 Å². The highest BCUT2D eigenvalue weighted by molar-refractivity contribution is 7.22. The van der Waals surface area contributed by atoms with Gasteiger partial charge in [-0.25, -0.2) is 4.98 Å². The van der Waals surface area contributed by atoms with Crippen molar-refractivity contribution in [2.75, 3.05) is 45.3 Å². The molecular weight excluding hydrogens is 459 g/mol. The summed E-state index contributed by atoms with van der Waals surface area (Å²) >= 11 is 1.30. The summed E-state index contributed by atoms with van der Waals surface area (Å²) in [6.07, 6.45) is -4.48. The summed E-state index contributed by atoms with van der Waals surface area (Å²) in [5, 5.41) is 0.709. The lowest BCUT2D eigenvalue weighted by Gasteiger charge is -2.34. The zero-order valence-corrected chi connectivity index (χ0v) is 18.8. The van der Waals surface area contributed by atoms with E-state index in [1.54, 1.807) is 31.3 Å². The molecule has 3 aromatic rings. The molecule has 4 rings (SSSR count). The van der Waals surface area contributed by atoms with Gasteiger partial charge in [0.1, 0.15) is 5.75 Å². The molecule has 1 aromatic heterocycles. The predicted molar refractivity (Wildman–Crippen MR) is 118 cm³/mol. The summed E-state index contributed by atoms with van der Waals surface area (Å²) in [4.78, 5) is 21.1. The number of anilines is 1. The number of carbonyl (C=O) groups is 1. The number of amides is 1. The number of thiazole rings is 1. The number of methoxy groups -OCH3 is 2. The molecule has 2 aromatic carbocycles. The van der Waals surface area contributed by atoms with E-state index >= 15 is 0 Å². The number of carbonyl (C=O) groups excluding carboxylic acids is 1. The first-order valence-corrected chi connectivity index (χ1v) is 11.0. The van der Waals surface area contributed by atoms with Gasteiger partial charge in [0.15, 0.2) is 16.6 Å². The molecular formula is C22H22F3N3O4S. The third kappa shape index (κ3) is 5.41. The van der Waals surface area contributed by atoms with Crippen LogP contribution in [0.1, 0.15) is 5.56 Å². The summed E-state index contributed by atoms with van der Waals surface area (Å²) in [5.41, 5.74) is 1.44. The first-order valence-electron chi connectivity index (χ1n) is 10.2. The summed E-state index contributed by atoms with van der Waals surface area (Å²) < 4.78 is 52.5. The topological polar surface area (TPSA) is 64.1 Å². The van der Waals surface area contributed by atoms with Crippen LogP contribution in [0.2, 0.25) is 0 Å². The highest BCUT2D eigenvalue weighted by atomic mass is 32.1. The van der Waals surface area contributed by atoms with E-state index < -0.39 is 6.36 Å². The normalized spacial score (nSPS) is 14.5. The molecule has 11 heteroatoms. The average Bonchev–Trinajstić information content (AvgIpc) is 3.21. The van der Waals surface area contributed by atoms with Crippen molar-refractivity contribution < 1.29 is 32.2 Å². The predicted octanol–water partition coefficient (Wildman–Crippen LogP) is 4.10. The molecule has 2 heterocycles. The summed E-state index contributed by atoms with van der Waals surface area (Å²) in [5.74, 6) is 0.929. The lowest BCUT2D eigenvalue weighted by atomic mass is 10.1. The second kappa shape index (κ2) is 9.34. The van der Waals surface area contributed by atoms with Gasteiger partial charge in [-0.1, -0.05) is 17.4 Å². The maximum absolute atomic E-state index is 12.8. The minimum atomic E-state index is -4.74. The molecule has 0 radical (unpaired) electrons. The third-order valence-electron chi connectivity index (χ3n) is 5.29. The minimum Gasteiger partial charge on any atom is -0.493 e. The van der Waals surface area contributed by atoms with Crippen LogP contribution in [-0.4, -0.2) is 62.6 Å². The zero-order valence-electron chi connectivity index (χ0n) is 18.0. The number of nitrogens with zero attached hydrogens (tertiary/aromatic N) is 3. The Bertz CT molecular complexity index is 1140. The van der Waals surface area contributed by atoms with Crippen LogP contribution in [0.25, 0.3) is 10.2 Å². The van der Waals surface area contributed by atoms with Crippen LogP contribution in [0.3, 0.4) is 0 Å². The lowest BCUT2D eigenvalue weighted by Crippen LogP contribution is -2.49. The largest absolute Gasteiger partial charge is 0.573 e. The number of halogens is 3. The van der Waals surface area contributed by atoms with Gasteiger partial charge in [-0.05, 0) is 29.8 Å². The molecule has 176 valence electrons. The number of aromatic nitrogens is 1. The van der Waals surface area contributed by atoms with Crippen molar-refractivity contribution in [1.82, 2.24) is 9.88 Å². The quantitative estimate of drug-likeness (QED) is 0.528. The summed E-state index contributed by atoms with van der Waals surface area (Å²) in [6.45, 7) is 2.24. The van der Waals surface area contributed by atoms with Crippen molar-refractivity contribution in [3.63, 3.8) is 0 Å². The number of fused-ring (bicyclic) bond motifs is 1. The van der Waals surface area contributed by atoms with Crippen LogP contribution >= 0.6 is 11.3 Å². The van der Waals surface area contributed by atoms with Gasteiger partial charge in [-0.15, -0.1) is 13.2 Å². The molecule has 7 nitrogen and oxygen atoms in total. The van der Waals surface area contributed by atoms with Crippen LogP contribution in [0.4, 0.5) is 18.3 Å². The molecule has 1 aliphatic rings. The Hall–Kier alpha value is -3.21. The number of benzene rings is 2. The van der Waals surface area contributed by atoms with Gasteiger partial charge in [0.05, 0.1) is 30.9 Å².